The van der Waals surface area contributed by atoms with Gasteiger partial charge in [-0.05, 0) is 0 Å². The number of carbonyl (C=O) groups is 1. The van der Waals surface area contributed by atoms with Crippen molar-refractivity contribution in [3.63, 3.8) is 0 Å². The van der Waals surface area contributed by atoms with Gasteiger partial charge in [0.2, 0.25) is 0 Å². The summed E-state index contributed by atoms with van der Waals surface area (Å²) in [5.74, 6) is -0.428. The minimum Gasteiger partial charge on any atom is -0.463 e. The zero-order valence-corrected chi connectivity index (χ0v) is 13.1. The Labute approximate surface area is 132 Å². The molecule has 0 amide bonds. The zero-order valence-electron chi connectivity index (χ0n) is 13.1. The maximum atomic E-state index is 12.0. The minimum atomic E-state index is -0.849. The number of carbonyl (C=O) groups excluding carboxylic acids is 1. The fourth-order valence-corrected chi connectivity index (χ4v) is 2.00. The highest BCUT2D eigenvalue weighted by atomic mass is 16.6. The number of rotatable bonds is 5. The summed E-state index contributed by atoms with van der Waals surface area (Å²) in [6.07, 6.45) is 0.660. The molecule has 0 bridgehead atoms. The van der Waals surface area contributed by atoms with Crippen LogP contribution >= 0.6 is 0 Å². The van der Waals surface area contributed by atoms with E-state index in [4.69, 9.17) is 9.47 Å². The lowest BCUT2D eigenvalue weighted by molar-refractivity contribution is -0.147. The van der Waals surface area contributed by atoms with Gasteiger partial charge in [-0.1, -0.05) is 0 Å². The second-order valence-corrected chi connectivity index (χ2v) is 5.29. The summed E-state index contributed by atoms with van der Waals surface area (Å²) in [5.41, 5.74) is -0.587. The fourth-order valence-electron chi connectivity index (χ4n) is 2.00. The van der Waals surface area contributed by atoms with E-state index >= 15 is 0 Å². The summed E-state index contributed by atoms with van der Waals surface area (Å²) in [6.45, 7) is 1.19. The van der Waals surface area contributed by atoms with E-state index in [1.54, 1.807) is 19.0 Å². The lowest BCUT2D eigenvalue weighted by Crippen LogP contribution is -2.29. The molecule has 1 saturated heterocycles. The molecule has 1 N–H and O–H groups in total. The van der Waals surface area contributed by atoms with Gasteiger partial charge in [-0.3, -0.25) is 9.36 Å². The molecule has 2 heterocycles. The summed E-state index contributed by atoms with van der Waals surface area (Å²) in [5, 5.41) is 9.92. The third kappa shape index (κ3) is 4.57. The second-order valence-electron chi connectivity index (χ2n) is 5.29. The van der Waals surface area contributed by atoms with E-state index in [9.17, 15) is 14.7 Å². The van der Waals surface area contributed by atoms with E-state index in [0.29, 0.717) is 0 Å². The number of aliphatic imine (C=N–C) groups is 1. The maximum absolute atomic E-state index is 12.0. The van der Waals surface area contributed by atoms with Gasteiger partial charge >= 0.3 is 11.7 Å². The number of nitrogens with zero attached hydrogens (tertiary/aromatic N) is 5. The first-order valence-electron chi connectivity index (χ1n) is 6.99. The third-order valence-electron chi connectivity index (χ3n) is 3.08. The molecule has 1 aliphatic rings. The van der Waals surface area contributed by atoms with E-state index < -0.39 is 30.1 Å². The molecule has 1 fully saturated rings. The highest BCUT2D eigenvalue weighted by molar-refractivity contribution is 5.65. The first-order valence-corrected chi connectivity index (χ1v) is 6.99. The Kier molecular flexibility index (Phi) is 5.40. The van der Waals surface area contributed by atoms with Gasteiger partial charge in [0.15, 0.2) is 0 Å². The predicted molar refractivity (Wildman–Crippen MR) is 79.3 cm³/mol. The van der Waals surface area contributed by atoms with Gasteiger partial charge in [0.1, 0.15) is 25.3 Å². The molecule has 1 aromatic rings. The third-order valence-corrected chi connectivity index (χ3v) is 3.08. The Morgan fingerprint density at radius 3 is 3.00 bits per heavy atom. The van der Waals surface area contributed by atoms with Crippen molar-refractivity contribution >= 4 is 18.3 Å². The average Bonchev–Trinajstić information content (AvgIpc) is 2.84. The van der Waals surface area contributed by atoms with Crippen LogP contribution in [0.1, 0.15) is 19.6 Å². The van der Waals surface area contributed by atoms with Crippen molar-refractivity contribution in [1.82, 2.24) is 19.4 Å². The van der Waals surface area contributed by atoms with Crippen LogP contribution in [0, 0.1) is 0 Å². The van der Waals surface area contributed by atoms with Crippen LogP contribution in [-0.4, -0.2) is 69.8 Å². The zero-order chi connectivity index (χ0) is 17.0. The van der Waals surface area contributed by atoms with Crippen LogP contribution < -0.4 is 5.69 Å². The Morgan fingerprint density at radius 2 is 2.39 bits per heavy atom. The summed E-state index contributed by atoms with van der Waals surface area (Å²) in [4.78, 5) is 36.2. The molecule has 0 aromatic carbocycles. The number of ether oxygens (including phenoxy) is 2. The summed E-state index contributed by atoms with van der Waals surface area (Å²) >= 11 is 0. The first-order chi connectivity index (χ1) is 10.9. The monoisotopic (exact) mass is 325 g/mol. The largest absolute Gasteiger partial charge is 0.463 e. The van der Waals surface area contributed by atoms with E-state index in [0.717, 1.165) is 0 Å². The molecule has 0 saturated carbocycles. The molecule has 10 heteroatoms. The molecule has 1 unspecified atom stereocenters. The highest BCUT2D eigenvalue weighted by Gasteiger charge is 2.36. The van der Waals surface area contributed by atoms with Crippen molar-refractivity contribution in [2.24, 2.45) is 4.99 Å². The topological polar surface area (TPSA) is 119 Å². The number of aliphatic hydroxyl groups excluding tert-OH is 1. The molecular formula is C13H19N5O5. The van der Waals surface area contributed by atoms with Crippen LogP contribution in [0.3, 0.4) is 0 Å². The summed E-state index contributed by atoms with van der Waals surface area (Å²) < 4.78 is 11.5. The minimum absolute atomic E-state index is 0.0370. The standard InChI is InChI=1S/C13H19N5O5/c1-8(19)22-5-10-9(20)4-11(23-10)18-7-15-12(16-13(18)21)14-6-17(2)3/h6-7,9-11,20H,4-5H2,1-3H3/b14-6-/t9-,10?,11-/m1/s1. The predicted octanol–water partition coefficient (Wildman–Crippen LogP) is -0.929. The number of esters is 1. The van der Waals surface area contributed by atoms with E-state index in [1.807, 2.05) is 0 Å². The molecule has 23 heavy (non-hydrogen) atoms. The fraction of sp³-hybridized carbons (Fsp3) is 0.615. The van der Waals surface area contributed by atoms with Crippen molar-refractivity contribution in [2.75, 3.05) is 20.7 Å². The number of hydrogen-bond donors (Lipinski definition) is 1. The van der Waals surface area contributed by atoms with Crippen molar-refractivity contribution in [1.29, 1.82) is 0 Å². The van der Waals surface area contributed by atoms with Gasteiger partial charge in [-0.25, -0.2) is 14.8 Å². The molecule has 0 spiro atoms. The number of aliphatic hydroxyl groups is 1. The van der Waals surface area contributed by atoms with Gasteiger partial charge in [0, 0.05) is 27.4 Å². The van der Waals surface area contributed by atoms with Crippen LogP contribution in [0.15, 0.2) is 16.1 Å². The van der Waals surface area contributed by atoms with Crippen molar-refractivity contribution in [2.45, 2.75) is 31.8 Å². The second kappa shape index (κ2) is 7.29. The lowest BCUT2D eigenvalue weighted by atomic mass is 10.2. The van der Waals surface area contributed by atoms with Crippen LogP contribution in [0.5, 0.6) is 0 Å². The number of hydrogen-bond acceptors (Lipinski definition) is 8. The molecule has 1 aromatic heterocycles. The quantitative estimate of drug-likeness (QED) is 0.419. The molecule has 0 aliphatic carbocycles. The van der Waals surface area contributed by atoms with Crippen molar-refractivity contribution < 1.29 is 19.4 Å². The van der Waals surface area contributed by atoms with Crippen LogP contribution in [0.25, 0.3) is 0 Å². The Balaban J connectivity index is 2.08. The van der Waals surface area contributed by atoms with E-state index in [1.165, 1.54) is 24.2 Å². The van der Waals surface area contributed by atoms with Gasteiger partial charge in [0.25, 0.3) is 5.95 Å². The Bertz CT molecular complexity index is 644. The molecule has 0 radical (unpaired) electrons. The van der Waals surface area contributed by atoms with Gasteiger partial charge in [0.05, 0.1) is 12.4 Å². The van der Waals surface area contributed by atoms with Crippen molar-refractivity contribution in [3.8, 4) is 0 Å². The summed E-state index contributed by atoms with van der Waals surface area (Å²) in [7, 11) is 3.56. The van der Waals surface area contributed by atoms with E-state index in [-0.39, 0.29) is 19.0 Å². The smallest absolute Gasteiger partial charge is 0.354 e. The normalized spacial score (nSPS) is 24.1. The molecule has 1 aliphatic heterocycles. The first kappa shape index (κ1) is 17.0. The van der Waals surface area contributed by atoms with Gasteiger partial charge in [-0.2, -0.15) is 4.98 Å². The summed E-state index contributed by atoms with van der Waals surface area (Å²) in [6, 6.07) is 0. The molecule has 126 valence electrons. The van der Waals surface area contributed by atoms with Gasteiger partial charge in [-0.15, -0.1) is 0 Å². The Hall–Kier alpha value is -2.33. The van der Waals surface area contributed by atoms with Gasteiger partial charge < -0.3 is 19.5 Å². The highest BCUT2D eigenvalue weighted by Crippen LogP contribution is 2.27. The average molecular weight is 325 g/mol. The lowest BCUT2D eigenvalue weighted by Gasteiger charge is -2.15. The molecule has 2 rings (SSSR count). The van der Waals surface area contributed by atoms with Crippen molar-refractivity contribution in [3.05, 3.63) is 16.8 Å². The van der Waals surface area contributed by atoms with E-state index in [2.05, 4.69) is 15.0 Å². The maximum Gasteiger partial charge on any atom is 0.354 e. The number of aromatic nitrogens is 3. The molecule has 10 nitrogen and oxygen atoms in total. The SMILES string of the molecule is CC(=O)OCC1O[C@@H](n2cnc(/N=C\N(C)C)nc2=O)C[C@H]1O. The Morgan fingerprint density at radius 1 is 1.65 bits per heavy atom. The molecule has 3 atom stereocenters. The van der Waals surface area contributed by atoms with Crippen LogP contribution in [0.2, 0.25) is 0 Å². The van der Waals surface area contributed by atoms with Crippen LogP contribution in [-0.2, 0) is 14.3 Å². The molecular weight excluding hydrogens is 306 g/mol. The van der Waals surface area contributed by atoms with Crippen LogP contribution in [0.4, 0.5) is 5.95 Å².